The molecule has 3 rings (SSSR count). The fourth-order valence-corrected chi connectivity index (χ4v) is 4.77. The third kappa shape index (κ3) is 5.07. The number of likely N-dealkylation sites (N-methyl/N-ethyl adjacent to an activating group) is 1. The molecule has 0 radical (unpaired) electrons. The van der Waals surface area contributed by atoms with Crippen LogP contribution < -0.4 is 9.64 Å². The number of ether oxygens (including phenoxy) is 1. The van der Waals surface area contributed by atoms with Gasteiger partial charge in [-0.1, -0.05) is 43.4 Å². The highest BCUT2D eigenvalue weighted by molar-refractivity contribution is 14.1. The largest absolute Gasteiger partial charge is 0.492 e. The number of carbonyl (C=O) groups excluding carboxylic acids is 1. The standard InChI is InChI=1S/C22H26IN3O2S/c1-4-25(5-2)14-15-26(21(27)16-10-7-8-11-17(16)23)22-24-20-18(28-6-3)12-9-13-19(20)29-22/h7-13H,4-6,14-15H2,1-3H3. The molecular formula is C22H26IN3O2S. The second-order valence-corrected chi connectivity index (χ2v) is 8.67. The highest BCUT2D eigenvalue weighted by atomic mass is 127. The van der Waals surface area contributed by atoms with E-state index in [4.69, 9.17) is 9.72 Å². The molecule has 1 aromatic heterocycles. The second-order valence-electron chi connectivity index (χ2n) is 6.50. The Bertz CT molecular complexity index is 972. The lowest BCUT2D eigenvalue weighted by molar-refractivity contribution is 0.0983. The lowest BCUT2D eigenvalue weighted by Gasteiger charge is -2.25. The van der Waals surface area contributed by atoms with Crippen molar-refractivity contribution in [1.29, 1.82) is 0 Å². The van der Waals surface area contributed by atoms with Crippen LogP contribution in [0.15, 0.2) is 42.5 Å². The van der Waals surface area contributed by atoms with Crippen molar-refractivity contribution in [2.75, 3.05) is 37.7 Å². The molecular weight excluding hydrogens is 497 g/mol. The van der Waals surface area contributed by atoms with Gasteiger partial charge >= 0.3 is 0 Å². The van der Waals surface area contributed by atoms with E-state index in [1.807, 2.05) is 54.3 Å². The molecule has 0 unspecified atom stereocenters. The van der Waals surface area contributed by atoms with Gasteiger partial charge in [0.1, 0.15) is 11.3 Å². The van der Waals surface area contributed by atoms with Crippen molar-refractivity contribution in [2.24, 2.45) is 0 Å². The predicted octanol–water partition coefficient (Wildman–Crippen LogP) is 5.29. The Kier molecular flexibility index (Phi) is 7.85. The number of amides is 1. The van der Waals surface area contributed by atoms with Crippen LogP contribution >= 0.6 is 33.9 Å². The molecule has 3 aromatic rings. The summed E-state index contributed by atoms with van der Waals surface area (Å²) in [6, 6.07) is 13.6. The highest BCUT2D eigenvalue weighted by Crippen LogP contribution is 2.35. The summed E-state index contributed by atoms with van der Waals surface area (Å²) >= 11 is 3.75. The lowest BCUT2D eigenvalue weighted by atomic mass is 10.2. The molecule has 0 aliphatic heterocycles. The summed E-state index contributed by atoms with van der Waals surface area (Å²) in [5.41, 5.74) is 1.52. The summed E-state index contributed by atoms with van der Waals surface area (Å²) < 4.78 is 7.71. The van der Waals surface area contributed by atoms with Crippen LogP contribution in [0.3, 0.4) is 0 Å². The molecule has 0 bridgehead atoms. The zero-order valence-corrected chi connectivity index (χ0v) is 20.0. The van der Waals surface area contributed by atoms with Crippen molar-refractivity contribution in [2.45, 2.75) is 20.8 Å². The van der Waals surface area contributed by atoms with Gasteiger partial charge in [-0.3, -0.25) is 9.69 Å². The molecule has 1 amide bonds. The fraction of sp³-hybridized carbons (Fsp3) is 0.364. The van der Waals surface area contributed by atoms with Gasteiger partial charge in [0.25, 0.3) is 5.91 Å². The summed E-state index contributed by atoms with van der Waals surface area (Å²) in [6.07, 6.45) is 0. The van der Waals surface area contributed by atoms with E-state index in [0.29, 0.717) is 23.8 Å². The molecule has 0 aliphatic carbocycles. The Hall–Kier alpha value is -1.71. The number of aromatic nitrogens is 1. The summed E-state index contributed by atoms with van der Waals surface area (Å²) in [5.74, 6) is 0.747. The van der Waals surface area contributed by atoms with Crippen LogP contribution in [0.2, 0.25) is 0 Å². The van der Waals surface area contributed by atoms with Gasteiger partial charge in [0.2, 0.25) is 0 Å². The van der Waals surface area contributed by atoms with Crippen LogP contribution in [-0.4, -0.2) is 48.6 Å². The maximum Gasteiger partial charge on any atom is 0.261 e. The number of hydrogen-bond donors (Lipinski definition) is 0. The fourth-order valence-electron chi connectivity index (χ4n) is 3.14. The molecule has 0 aliphatic rings. The Morgan fingerprint density at radius 3 is 2.52 bits per heavy atom. The highest BCUT2D eigenvalue weighted by Gasteiger charge is 2.24. The minimum absolute atomic E-state index is 0.0147. The minimum atomic E-state index is -0.0147. The zero-order valence-electron chi connectivity index (χ0n) is 17.0. The number of hydrogen-bond acceptors (Lipinski definition) is 5. The average molecular weight is 523 g/mol. The van der Waals surface area contributed by atoms with Gasteiger partial charge in [0, 0.05) is 16.7 Å². The van der Waals surface area contributed by atoms with E-state index in [-0.39, 0.29) is 5.91 Å². The van der Waals surface area contributed by atoms with E-state index in [1.54, 1.807) is 0 Å². The number of fused-ring (bicyclic) bond motifs is 1. The molecule has 7 heteroatoms. The van der Waals surface area contributed by atoms with E-state index in [0.717, 1.165) is 39.2 Å². The monoisotopic (exact) mass is 523 g/mol. The minimum Gasteiger partial charge on any atom is -0.492 e. The van der Waals surface area contributed by atoms with Crippen LogP contribution in [0.25, 0.3) is 10.2 Å². The Morgan fingerprint density at radius 2 is 1.83 bits per heavy atom. The third-order valence-electron chi connectivity index (χ3n) is 4.79. The summed E-state index contributed by atoms with van der Waals surface area (Å²) in [5, 5.41) is 0.712. The quantitative estimate of drug-likeness (QED) is 0.358. The first-order valence-electron chi connectivity index (χ1n) is 9.90. The summed E-state index contributed by atoms with van der Waals surface area (Å²) in [6.45, 7) is 10.1. The van der Waals surface area contributed by atoms with Crippen LogP contribution in [0, 0.1) is 3.57 Å². The molecule has 154 valence electrons. The molecule has 0 fully saturated rings. The van der Waals surface area contributed by atoms with Crippen molar-refractivity contribution < 1.29 is 9.53 Å². The first-order valence-corrected chi connectivity index (χ1v) is 11.8. The molecule has 0 atom stereocenters. The number of anilines is 1. The Morgan fingerprint density at radius 1 is 1.07 bits per heavy atom. The number of rotatable bonds is 9. The first-order chi connectivity index (χ1) is 14.1. The number of carbonyl (C=O) groups is 1. The molecule has 1 heterocycles. The zero-order chi connectivity index (χ0) is 20.8. The van der Waals surface area contributed by atoms with Crippen molar-refractivity contribution in [1.82, 2.24) is 9.88 Å². The number of thiazole rings is 1. The molecule has 0 N–H and O–H groups in total. The normalized spacial score (nSPS) is 11.2. The number of para-hydroxylation sites is 1. The SMILES string of the molecule is CCOc1cccc2sc(N(CCN(CC)CC)C(=O)c3ccccc3I)nc12. The lowest BCUT2D eigenvalue weighted by Crippen LogP contribution is -2.39. The predicted molar refractivity (Wildman–Crippen MR) is 129 cm³/mol. The van der Waals surface area contributed by atoms with Crippen molar-refractivity contribution in [3.63, 3.8) is 0 Å². The molecule has 5 nitrogen and oxygen atoms in total. The van der Waals surface area contributed by atoms with E-state index in [9.17, 15) is 4.79 Å². The van der Waals surface area contributed by atoms with Gasteiger partial charge in [-0.25, -0.2) is 4.98 Å². The maximum absolute atomic E-state index is 13.5. The first kappa shape index (κ1) is 22.0. The topological polar surface area (TPSA) is 45.7 Å². The summed E-state index contributed by atoms with van der Waals surface area (Å²) in [7, 11) is 0. The average Bonchev–Trinajstić information content (AvgIpc) is 3.16. The van der Waals surface area contributed by atoms with Gasteiger partial charge in [-0.15, -0.1) is 0 Å². The third-order valence-corrected chi connectivity index (χ3v) is 6.77. The second kappa shape index (κ2) is 10.4. The van der Waals surface area contributed by atoms with E-state index in [1.165, 1.54) is 11.3 Å². The van der Waals surface area contributed by atoms with E-state index in [2.05, 4.69) is 41.3 Å². The van der Waals surface area contributed by atoms with Gasteiger partial charge in [-0.05, 0) is 66.9 Å². The summed E-state index contributed by atoms with van der Waals surface area (Å²) in [4.78, 5) is 22.4. The molecule has 0 spiro atoms. The number of nitrogens with zero attached hydrogens (tertiary/aromatic N) is 3. The number of benzene rings is 2. The van der Waals surface area contributed by atoms with Crippen LogP contribution in [0.5, 0.6) is 5.75 Å². The molecule has 0 saturated heterocycles. The molecule has 29 heavy (non-hydrogen) atoms. The Labute approximate surface area is 189 Å². The van der Waals surface area contributed by atoms with Crippen LogP contribution in [0.1, 0.15) is 31.1 Å². The maximum atomic E-state index is 13.5. The van der Waals surface area contributed by atoms with E-state index < -0.39 is 0 Å². The van der Waals surface area contributed by atoms with Gasteiger partial charge < -0.3 is 9.64 Å². The van der Waals surface area contributed by atoms with E-state index >= 15 is 0 Å². The smallest absolute Gasteiger partial charge is 0.261 e. The van der Waals surface area contributed by atoms with Gasteiger partial charge in [0.05, 0.1) is 16.9 Å². The number of halogens is 1. The Balaban J connectivity index is 2.00. The van der Waals surface area contributed by atoms with Crippen LogP contribution in [0.4, 0.5) is 5.13 Å². The van der Waals surface area contributed by atoms with Crippen LogP contribution in [-0.2, 0) is 0 Å². The molecule has 0 saturated carbocycles. The van der Waals surface area contributed by atoms with Crippen molar-refractivity contribution in [3.05, 3.63) is 51.6 Å². The van der Waals surface area contributed by atoms with Gasteiger partial charge in [-0.2, -0.15) is 0 Å². The van der Waals surface area contributed by atoms with Crippen molar-refractivity contribution in [3.8, 4) is 5.75 Å². The van der Waals surface area contributed by atoms with Crippen molar-refractivity contribution >= 4 is 55.2 Å². The molecule has 2 aromatic carbocycles. The van der Waals surface area contributed by atoms with Gasteiger partial charge in [0.15, 0.2) is 5.13 Å².